The van der Waals surface area contributed by atoms with E-state index in [0.29, 0.717) is 6.08 Å². The van der Waals surface area contributed by atoms with Crippen molar-refractivity contribution in [2.75, 3.05) is 13.2 Å². The molecular weight excluding hydrogens is 1040 g/mol. The highest BCUT2D eigenvalue weighted by atomic mass is 32.3. The zero-order valence-electron chi connectivity index (χ0n) is 31.7. The van der Waals surface area contributed by atoms with Gasteiger partial charge in [0.1, 0.15) is 67.0 Å². The van der Waals surface area contributed by atoms with E-state index >= 15 is 0 Å². The Balaban J connectivity index is 1.78. The molecule has 0 aromatic carbocycles. The second kappa shape index (κ2) is 21.1. The van der Waals surface area contributed by atoms with Gasteiger partial charge in [-0.25, -0.2) is 22.1 Å². The maximum Gasteiger partial charge on any atom is 0.397 e. The number of carboxylic acids is 2. The van der Waals surface area contributed by atoms with Crippen molar-refractivity contribution < 1.29 is 161 Å². The first-order valence-corrected chi connectivity index (χ1v) is 24.2. The van der Waals surface area contributed by atoms with Gasteiger partial charge in [-0.1, -0.05) is 0 Å². The van der Waals surface area contributed by atoms with Crippen LogP contribution in [0.25, 0.3) is 0 Å². The summed E-state index contributed by atoms with van der Waals surface area (Å²) in [6, 6.07) is -5.07. The molecule has 4 heterocycles. The van der Waals surface area contributed by atoms with Crippen LogP contribution >= 0.6 is 0 Å². The highest BCUT2D eigenvalue weighted by Gasteiger charge is 2.58. The molecule has 37 nitrogen and oxygen atoms in total. The minimum Gasteiger partial charge on any atom is -0.479 e. The minimum atomic E-state index is -5.90. The molecule has 384 valence electrons. The van der Waals surface area contributed by atoms with Gasteiger partial charge >= 0.3 is 63.7 Å². The summed E-state index contributed by atoms with van der Waals surface area (Å²) in [4.78, 5) is 24.3. The Bertz CT molecular complexity index is 2350. The zero-order chi connectivity index (χ0) is 50.2. The van der Waals surface area contributed by atoms with Crippen LogP contribution in [0, 0.1) is 0 Å². The van der Waals surface area contributed by atoms with Gasteiger partial charge in [0, 0.05) is 0 Å². The molecule has 18 atom stereocenters. The van der Waals surface area contributed by atoms with Crippen LogP contribution in [-0.2, 0) is 107 Å². The summed E-state index contributed by atoms with van der Waals surface area (Å²) >= 11 is 0. The molecule has 4 aliphatic rings. The topological polar surface area (TPSA) is 584 Å². The average molecular weight is 1070 g/mol. The number of ether oxygens (including phenoxy) is 7. The van der Waals surface area contributed by atoms with Crippen LogP contribution in [0.3, 0.4) is 0 Å². The zero-order valence-corrected chi connectivity index (χ0v) is 35.8. The summed E-state index contributed by atoms with van der Waals surface area (Å²) in [5.41, 5.74) is 0. The molecule has 0 spiro atoms. The first kappa shape index (κ1) is 55.9. The molecule has 0 aliphatic carbocycles. The molecule has 0 radical (unpaired) electrons. The van der Waals surface area contributed by atoms with Gasteiger partial charge in [-0.3, -0.25) is 22.8 Å². The van der Waals surface area contributed by atoms with E-state index in [1.807, 2.05) is 0 Å². The van der Waals surface area contributed by atoms with E-state index < -0.39 is 193 Å². The minimum absolute atomic E-state index is 0.292. The standard InChI is InChI=1S/C24H38N2O35S5/c27-2-6-14(10(29)8(21(36)53-6)25-62(37,38)39)56-24-17(61-66(49,50)51)12(31)16(18(59-24)20(34)35)58-22-9(26-63(40,41)42)11(30)15(7(55-22)3-52-64(43,44)45)57-23-13(60-65(46,47)48)4(28)1-5(54-23)19(32)33/h1,4,6-18,21-31,36H,2-3H2,(H,32,33)(H,34,35)(H,37,38,39)(H,40,41,42)(H,43,44,45)(H,46,47,48)(H,49,50,51). The molecule has 0 aromatic heterocycles. The van der Waals surface area contributed by atoms with Crippen molar-refractivity contribution in [1.29, 1.82) is 0 Å². The molecule has 15 N–H and O–H groups in total. The van der Waals surface area contributed by atoms with Gasteiger partial charge in [0.15, 0.2) is 37.2 Å². The number of aliphatic hydroxyl groups excluding tert-OH is 6. The highest BCUT2D eigenvalue weighted by molar-refractivity contribution is 7.84. The molecule has 3 saturated heterocycles. The Morgan fingerprint density at radius 2 is 1.09 bits per heavy atom. The van der Waals surface area contributed by atoms with E-state index in [1.54, 1.807) is 0 Å². The smallest absolute Gasteiger partial charge is 0.397 e. The maximum atomic E-state index is 12.6. The summed E-state index contributed by atoms with van der Waals surface area (Å²) in [5.74, 6) is -5.58. The molecule has 0 aromatic rings. The van der Waals surface area contributed by atoms with Gasteiger partial charge in [0.05, 0.1) is 13.2 Å². The van der Waals surface area contributed by atoms with E-state index in [4.69, 9.17) is 33.2 Å². The third-order valence-corrected chi connectivity index (χ3v) is 11.5. The van der Waals surface area contributed by atoms with Crippen molar-refractivity contribution in [3.05, 3.63) is 11.8 Å². The van der Waals surface area contributed by atoms with Crippen LogP contribution < -0.4 is 9.44 Å². The number of hydrogen-bond acceptors (Lipinski definition) is 28. The van der Waals surface area contributed by atoms with Crippen molar-refractivity contribution in [1.82, 2.24) is 9.44 Å². The van der Waals surface area contributed by atoms with Crippen molar-refractivity contribution >= 4 is 63.7 Å². The van der Waals surface area contributed by atoms with Crippen molar-refractivity contribution in [2.24, 2.45) is 0 Å². The fourth-order valence-electron chi connectivity index (χ4n) is 6.44. The fourth-order valence-corrected chi connectivity index (χ4v) is 8.91. The summed E-state index contributed by atoms with van der Waals surface area (Å²) in [5, 5.41) is 83.7. The third kappa shape index (κ3) is 15.2. The van der Waals surface area contributed by atoms with E-state index in [0.717, 1.165) is 0 Å². The molecule has 18 unspecified atom stereocenters. The lowest BCUT2D eigenvalue weighted by Crippen LogP contribution is -2.70. The number of nitrogens with one attached hydrogen (secondary N) is 2. The van der Waals surface area contributed by atoms with Gasteiger partial charge in [-0.15, -0.1) is 0 Å². The summed E-state index contributed by atoms with van der Waals surface area (Å²) in [6.45, 7) is -2.95. The second-order valence-corrected chi connectivity index (χ2v) is 19.1. The quantitative estimate of drug-likeness (QED) is 0.0503. The van der Waals surface area contributed by atoms with E-state index in [1.165, 1.54) is 9.44 Å². The predicted molar refractivity (Wildman–Crippen MR) is 189 cm³/mol. The van der Waals surface area contributed by atoms with Gasteiger partial charge in [0.2, 0.25) is 12.0 Å². The first-order valence-electron chi connectivity index (χ1n) is 17.2. The molecule has 4 aliphatic heterocycles. The Morgan fingerprint density at radius 1 is 0.591 bits per heavy atom. The maximum absolute atomic E-state index is 12.6. The lowest BCUT2D eigenvalue weighted by Gasteiger charge is -2.49. The van der Waals surface area contributed by atoms with E-state index in [2.05, 4.69) is 12.5 Å². The lowest BCUT2D eigenvalue weighted by atomic mass is 9.95. The van der Waals surface area contributed by atoms with Crippen LogP contribution in [-0.4, -0.2) is 241 Å². The summed E-state index contributed by atoms with van der Waals surface area (Å²) in [7, 11) is -28.2. The molecular formula is C24H38N2O35S5. The SMILES string of the molecule is O=C(O)C1=CC(O)C(OS(=O)(=O)O)C(OC2C(COS(=O)(=O)O)OC(OC3C(C(=O)O)OC(OC4C(CO)OC(O)C(NS(=O)(=O)O)C4O)C(OS(=O)(=O)O)C3O)C(NS(=O)(=O)O)C2O)O1. The van der Waals surface area contributed by atoms with E-state index in [-0.39, 0.29) is 0 Å². The average Bonchev–Trinajstić information content (AvgIpc) is 3.14. The molecule has 42 heteroatoms. The monoisotopic (exact) mass is 1070 g/mol. The van der Waals surface area contributed by atoms with Gasteiger partial charge in [0.25, 0.3) is 0 Å². The van der Waals surface area contributed by atoms with Gasteiger partial charge < -0.3 is 74.0 Å². The molecule has 0 amide bonds. The van der Waals surface area contributed by atoms with Crippen LogP contribution in [0.4, 0.5) is 0 Å². The fraction of sp³-hybridized carbons (Fsp3) is 0.833. The Kier molecular flexibility index (Phi) is 17.9. The van der Waals surface area contributed by atoms with Crippen molar-refractivity contribution in [3.8, 4) is 0 Å². The number of carboxylic acid groups (broad SMARTS) is 2. The molecule has 3 fully saturated rings. The van der Waals surface area contributed by atoms with Crippen molar-refractivity contribution in [3.63, 3.8) is 0 Å². The summed E-state index contributed by atoms with van der Waals surface area (Å²) < 4.78 is 216. The van der Waals surface area contributed by atoms with E-state index in [9.17, 15) is 115 Å². The molecule has 0 saturated carbocycles. The highest BCUT2D eigenvalue weighted by Crippen LogP contribution is 2.36. The van der Waals surface area contributed by atoms with Crippen LogP contribution in [0.2, 0.25) is 0 Å². The normalized spacial score (nSPS) is 38.5. The van der Waals surface area contributed by atoms with Crippen molar-refractivity contribution in [2.45, 2.75) is 110 Å². The number of aliphatic hydroxyl groups is 6. The molecule has 4 rings (SSSR count). The van der Waals surface area contributed by atoms with Crippen LogP contribution in [0.15, 0.2) is 11.8 Å². The molecule has 0 bridgehead atoms. The second-order valence-electron chi connectivity index (χ2n) is 13.6. The largest absolute Gasteiger partial charge is 0.479 e. The Hall–Kier alpha value is -2.65. The number of aliphatic carboxylic acids is 2. The van der Waals surface area contributed by atoms with Crippen LogP contribution in [0.1, 0.15) is 0 Å². The predicted octanol–water partition coefficient (Wildman–Crippen LogP) is -10.1. The molecule has 66 heavy (non-hydrogen) atoms. The lowest BCUT2D eigenvalue weighted by molar-refractivity contribution is -0.362. The summed E-state index contributed by atoms with van der Waals surface area (Å²) in [6.07, 6.45) is -41.9. The van der Waals surface area contributed by atoms with Gasteiger partial charge in [-0.2, -0.15) is 51.5 Å². The first-order chi connectivity index (χ1) is 30.0. The Labute approximate surface area is 368 Å². The van der Waals surface area contributed by atoms with Crippen LogP contribution in [0.5, 0.6) is 0 Å². The number of carbonyl (C=O) groups is 2. The third-order valence-electron chi connectivity index (χ3n) is 8.98. The number of hydrogen-bond donors (Lipinski definition) is 15. The Morgan fingerprint density at radius 3 is 1.59 bits per heavy atom. The van der Waals surface area contributed by atoms with Gasteiger partial charge in [-0.05, 0) is 6.08 Å². The number of rotatable bonds is 20.